The van der Waals surface area contributed by atoms with Crippen LogP contribution in [0.4, 0.5) is 5.69 Å². The predicted molar refractivity (Wildman–Crippen MR) is 83.7 cm³/mol. The number of anilines is 1. The van der Waals surface area contributed by atoms with Crippen molar-refractivity contribution in [2.45, 2.75) is 12.8 Å². The number of nitrogens with zero attached hydrogens (tertiary/aromatic N) is 3. The second-order valence-corrected chi connectivity index (χ2v) is 5.51. The highest BCUT2D eigenvalue weighted by Crippen LogP contribution is 2.40. The second kappa shape index (κ2) is 5.36. The third-order valence-corrected chi connectivity index (χ3v) is 4.15. The molecular formula is C16H19N3O3. The highest BCUT2D eigenvalue weighted by atomic mass is 16.5. The number of carboxylic acids is 1. The molecule has 2 aromatic rings. The van der Waals surface area contributed by atoms with Gasteiger partial charge in [0.15, 0.2) is 5.69 Å². The van der Waals surface area contributed by atoms with Crippen molar-refractivity contribution >= 4 is 11.7 Å². The summed E-state index contributed by atoms with van der Waals surface area (Å²) in [7, 11) is 5.47. The number of hydrogen-bond donors (Lipinski definition) is 1. The fourth-order valence-corrected chi connectivity index (χ4v) is 3.09. The average Bonchev–Trinajstić information content (AvgIpc) is 2.88. The van der Waals surface area contributed by atoms with Gasteiger partial charge in [-0.05, 0) is 31.0 Å². The number of hydrogen-bond acceptors (Lipinski definition) is 4. The molecule has 6 heteroatoms. The van der Waals surface area contributed by atoms with Crippen molar-refractivity contribution in [1.29, 1.82) is 0 Å². The Hall–Kier alpha value is -2.50. The number of carboxylic acid groups (broad SMARTS) is 1. The first kappa shape index (κ1) is 14.4. The van der Waals surface area contributed by atoms with E-state index in [4.69, 9.17) is 9.84 Å². The SMILES string of the molecule is COc1c(-c2cc(C(=O)O)nn2C)ccc2c1CCCN2C. The highest BCUT2D eigenvalue weighted by Gasteiger charge is 2.23. The molecule has 2 heterocycles. The summed E-state index contributed by atoms with van der Waals surface area (Å²) in [6.07, 6.45) is 2.04. The van der Waals surface area contributed by atoms with E-state index in [2.05, 4.69) is 23.1 Å². The zero-order chi connectivity index (χ0) is 15.9. The summed E-state index contributed by atoms with van der Waals surface area (Å²) in [5.74, 6) is -0.220. The quantitative estimate of drug-likeness (QED) is 0.941. The summed E-state index contributed by atoms with van der Waals surface area (Å²) < 4.78 is 7.24. The van der Waals surface area contributed by atoms with Crippen LogP contribution in [-0.2, 0) is 13.5 Å². The fourth-order valence-electron chi connectivity index (χ4n) is 3.09. The molecule has 6 nitrogen and oxygen atoms in total. The monoisotopic (exact) mass is 301 g/mol. The summed E-state index contributed by atoms with van der Waals surface area (Å²) in [6.45, 7) is 1.03. The van der Waals surface area contributed by atoms with E-state index in [-0.39, 0.29) is 5.69 Å². The van der Waals surface area contributed by atoms with Gasteiger partial charge in [-0.2, -0.15) is 5.10 Å². The Bertz CT molecular complexity index is 736. The molecule has 0 aliphatic carbocycles. The summed E-state index contributed by atoms with van der Waals surface area (Å²) >= 11 is 0. The lowest BCUT2D eigenvalue weighted by atomic mass is 9.96. The number of benzene rings is 1. The topological polar surface area (TPSA) is 67.6 Å². The molecule has 0 atom stereocenters. The number of aryl methyl sites for hydroxylation is 1. The molecule has 1 N–H and O–H groups in total. The zero-order valence-electron chi connectivity index (χ0n) is 13.0. The van der Waals surface area contributed by atoms with E-state index in [0.717, 1.165) is 36.4 Å². The van der Waals surface area contributed by atoms with E-state index >= 15 is 0 Å². The Morgan fingerprint density at radius 2 is 2.14 bits per heavy atom. The molecule has 0 saturated carbocycles. The average molecular weight is 301 g/mol. The minimum absolute atomic E-state index is 0.0365. The number of carbonyl (C=O) groups is 1. The molecule has 0 radical (unpaired) electrons. The molecule has 1 aromatic carbocycles. The summed E-state index contributed by atoms with van der Waals surface area (Å²) in [5.41, 5.74) is 4.00. The van der Waals surface area contributed by atoms with Gasteiger partial charge in [0.05, 0.1) is 12.8 Å². The predicted octanol–water partition coefficient (Wildman–Crippen LogP) is 2.18. The molecule has 3 rings (SSSR count). The molecule has 0 spiro atoms. The lowest BCUT2D eigenvalue weighted by molar-refractivity contribution is 0.0689. The molecule has 0 fully saturated rings. The van der Waals surface area contributed by atoms with E-state index in [1.54, 1.807) is 24.9 Å². The van der Waals surface area contributed by atoms with Crippen LogP contribution in [0.5, 0.6) is 5.75 Å². The van der Waals surface area contributed by atoms with Gasteiger partial charge in [0.2, 0.25) is 0 Å². The van der Waals surface area contributed by atoms with Crippen LogP contribution in [0.3, 0.4) is 0 Å². The largest absolute Gasteiger partial charge is 0.496 e. The van der Waals surface area contributed by atoms with Crippen LogP contribution in [-0.4, -0.2) is 41.6 Å². The van der Waals surface area contributed by atoms with Gasteiger partial charge in [-0.25, -0.2) is 4.79 Å². The Kier molecular flexibility index (Phi) is 3.52. The van der Waals surface area contributed by atoms with E-state index in [1.807, 2.05) is 6.07 Å². The number of fused-ring (bicyclic) bond motifs is 1. The van der Waals surface area contributed by atoms with Crippen molar-refractivity contribution in [3.8, 4) is 17.0 Å². The van der Waals surface area contributed by atoms with Gasteiger partial charge >= 0.3 is 5.97 Å². The lowest BCUT2D eigenvalue weighted by Gasteiger charge is -2.29. The Morgan fingerprint density at radius 3 is 2.77 bits per heavy atom. The molecule has 1 aliphatic heterocycles. The summed E-state index contributed by atoms with van der Waals surface area (Å²) in [4.78, 5) is 13.3. The molecule has 1 aromatic heterocycles. The van der Waals surface area contributed by atoms with Crippen LogP contribution in [0.15, 0.2) is 18.2 Å². The van der Waals surface area contributed by atoms with Gasteiger partial charge in [-0.1, -0.05) is 0 Å². The third kappa shape index (κ3) is 2.20. The van der Waals surface area contributed by atoms with Crippen LogP contribution in [0, 0.1) is 0 Å². The molecule has 0 bridgehead atoms. The van der Waals surface area contributed by atoms with Crippen molar-refractivity contribution < 1.29 is 14.6 Å². The maximum absolute atomic E-state index is 11.1. The zero-order valence-corrected chi connectivity index (χ0v) is 13.0. The molecule has 0 amide bonds. The molecule has 0 unspecified atom stereocenters. The van der Waals surface area contributed by atoms with Gasteiger partial charge in [0.25, 0.3) is 0 Å². The lowest BCUT2D eigenvalue weighted by Crippen LogP contribution is -2.25. The fraction of sp³-hybridized carbons (Fsp3) is 0.375. The van der Waals surface area contributed by atoms with Gasteiger partial charge in [-0.15, -0.1) is 0 Å². The first-order valence-electron chi connectivity index (χ1n) is 7.21. The van der Waals surface area contributed by atoms with Crippen molar-refractivity contribution in [2.75, 3.05) is 25.6 Å². The summed E-state index contributed by atoms with van der Waals surface area (Å²) in [6, 6.07) is 5.63. The molecule has 1 aliphatic rings. The standard InChI is InChI=1S/C16H19N3O3/c1-18-8-4-5-10-13(18)7-6-11(15(10)22-3)14-9-12(16(20)21)17-19(14)2/h6-7,9H,4-5,8H2,1-3H3,(H,20,21). The van der Waals surface area contributed by atoms with E-state index < -0.39 is 5.97 Å². The minimum atomic E-state index is -1.03. The first-order valence-corrected chi connectivity index (χ1v) is 7.21. The van der Waals surface area contributed by atoms with Gasteiger partial charge < -0.3 is 14.7 Å². The maximum atomic E-state index is 11.1. The van der Waals surface area contributed by atoms with Crippen LogP contribution < -0.4 is 9.64 Å². The smallest absolute Gasteiger partial charge is 0.356 e. The van der Waals surface area contributed by atoms with Crippen molar-refractivity contribution in [1.82, 2.24) is 9.78 Å². The van der Waals surface area contributed by atoms with Crippen molar-refractivity contribution in [3.63, 3.8) is 0 Å². The van der Waals surface area contributed by atoms with Crippen molar-refractivity contribution in [2.24, 2.45) is 7.05 Å². The number of ether oxygens (including phenoxy) is 1. The Labute approximate surface area is 128 Å². The number of methoxy groups -OCH3 is 1. The molecule has 0 saturated heterocycles. The van der Waals surface area contributed by atoms with E-state index in [1.165, 1.54) is 11.3 Å². The second-order valence-electron chi connectivity index (χ2n) is 5.51. The van der Waals surface area contributed by atoms with Gasteiger partial charge in [0.1, 0.15) is 5.75 Å². The van der Waals surface area contributed by atoms with E-state index in [9.17, 15) is 4.79 Å². The minimum Gasteiger partial charge on any atom is -0.496 e. The maximum Gasteiger partial charge on any atom is 0.356 e. The van der Waals surface area contributed by atoms with Crippen LogP contribution >= 0.6 is 0 Å². The number of rotatable bonds is 3. The number of aromatic nitrogens is 2. The van der Waals surface area contributed by atoms with E-state index in [0.29, 0.717) is 0 Å². The molecule has 22 heavy (non-hydrogen) atoms. The van der Waals surface area contributed by atoms with Gasteiger partial charge in [0, 0.05) is 37.5 Å². The van der Waals surface area contributed by atoms with Crippen LogP contribution in [0.25, 0.3) is 11.3 Å². The summed E-state index contributed by atoms with van der Waals surface area (Å²) in [5, 5.41) is 13.1. The van der Waals surface area contributed by atoms with Crippen LogP contribution in [0.1, 0.15) is 22.5 Å². The Balaban J connectivity index is 2.18. The normalized spacial score (nSPS) is 13.9. The molecule has 116 valence electrons. The van der Waals surface area contributed by atoms with Crippen molar-refractivity contribution in [3.05, 3.63) is 29.5 Å². The van der Waals surface area contributed by atoms with Gasteiger partial charge in [-0.3, -0.25) is 4.68 Å². The highest BCUT2D eigenvalue weighted by molar-refractivity contribution is 5.88. The first-order chi connectivity index (χ1) is 10.5. The molecular weight excluding hydrogens is 282 g/mol. The van der Waals surface area contributed by atoms with Crippen LogP contribution in [0.2, 0.25) is 0 Å². The Morgan fingerprint density at radius 1 is 1.36 bits per heavy atom. The number of aromatic carboxylic acids is 1. The third-order valence-electron chi connectivity index (χ3n) is 4.15.